The van der Waals surface area contributed by atoms with E-state index in [1.165, 1.54) is 4.80 Å². The molecule has 4 aromatic rings. The standard InChI is InChI=1S/C25H24N6O2/c1-17-12-14-20(15-13-17)24-28-30-31(29-24)16-23(32)27-22-11-7-6-10-21(22)25(33)26-18(2)19-8-4-3-5-9-19/h3-15,18H,16H2,1-2H3,(H,26,33)(H,27,32). The van der Waals surface area contributed by atoms with Crippen molar-refractivity contribution in [1.82, 2.24) is 25.5 Å². The van der Waals surface area contributed by atoms with E-state index >= 15 is 0 Å². The number of tetrazole rings is 1. The highest BCUT2D eigenvalue weighted by atomic mass is 16.2. The van der Waals surface area contributed by atoms with Crippen LogP contribution in [0.15, 0.2) is 78.9 Å². The molecule has 1 heterocycles. The van der Waals surface area contributed by atoms with Crippen LogP contribution >= 0.6 is 0 Å². The summed E-state index contributed by atoms with van der Waals surface area (Å²) in [6, 6.07) is 24.1. The SMILES string of the molecule is Cc1ccc(-c2nnn(CC(=O)Nc3ccccc3C(=O)NC(C)c3ccccc3)n2)cc1. The number of anilines is 1. The molecule has 0 fully saturated rings. The van der Waals surface area contributed by atoms with Gasteiger partial charge in [0.05, 0.1) is 17.3 Å². The van der Waals surface area contributed by atoms with Gasteiger partial charge in [-0.3, -0.25) is 9.59 Å². The molecule has 0 saturated heterocycles. The van der Waals surface area contributed by atoms with Crippen molar-refractivity contribution in [3.63, 3.8) is 0 Å². The minimum Gasteiger partial charge on any atom is -0.345 e. The van der Waals surface area contributed by atoms with Gasteiger partial charge in [0.15, 0.2) is 0 Å². The number of para-hydroxylation sites is 1. The number of hydrogen-bond acceptors (Lipinski definition) is 5. The average molecular weight is 441 g/mol. The number of amides is 2. The number of nitrogens with zero attached hydrogens (tertiary/aromatic N) is 4. The summed E-state index contributed by atoms with van der Waals surface area (Å²) in [5, 5.41) is 18.0. The van der Waals surface area contributed by atoms with E-state index in [1.807, 2.05) is 68.4 Å². The van der Waals surface area contributed by atoms with Gasteiger partial charge in [0.1, 0.15) is 6.54 Å². The maximum atomic E-state index is 12.9. The van der Waals surface area contributed by atoms with Crippen molar-refractivity contribution >= 4 is 17.5 Å². The predicted molar refractivity (Wildman–Crippen MR) is 125 cm³/mol. The van der Waals surface area contributed by atoms with Gasteiger partial charge >= 0.3 is 0 Å². The van der Waals surface area contributed by atoms with Crippen LogP contribution in [-0.2, 0) is 11.3 Å². The fraction of sp³-hybridized carbons (Fsp3) is 0.160. The summed E-state index contributed by atoms with van der Waals surface area (Å²) in [4.78, 5) is 26.7. The molecule has 1 atom stereocenters. The summed E-state index contributed by atoms with van der Waals surface area (Å²) in [5.41, 5.74) is 3.74. The Bertz CT molecular complexity index is 1250. The molecular weight excluding hydrogens is 416 g/mol. The zero-order chi connectivity index (χ0) is 23.2. The molecule has 0 aliphatic carbocycles. The maximum Gasteiger partial charge on any atom is 0.253 e. The van der Waals surface area contributed by atoms with E-state index in [-0.39, 0.29) is 24.4 Å². The van der Waals surface area contributed by atoms with Crippen LogP contribution in [0.2, 0.25) is 0 Å². The zero-order valence-electron chi connectivity index (χ0n) is 18.4. The molecule has 2 amide bonds. The third-order valence-corrected chi connectivity index (χ3v) is 5.14. The molecule has 0 aliphatic rings. The lowest BCUT2D eigenvalue weighted by Crippen LogP contribution is -2.28. The molecule has 8 heteroatoms. The number of aromatic nitrogens is 4. The molecule has 33 heavy (non-hydrogen) atoms. The second kappa shape index (κ2) is 9.86. The maximum absolute atomic E-state index is 12.9. The average Bonchev–Trinajstić information content (AvgIpc) is 3.28. The number of carbonyl (C=O) groups excluding carboxylic acids is 2. The van der Waals surface area contributed by atoms with Crippen molar-refractivity contribution < 1.29 is 9.59 Å². The lowest BCUT2D eigenvalue weighted by Gasteiger charge is -2.16. The van der Waals surface area contributed by atoms with Gasteiger partial charge in [-0.1, -0.05) is 72.3 Å². The molecule has 0 spiro atoms. The molecule has 0 aliphatic heterocycles. The Hall–Kier alpha value is -4.33. The number of hydrogen-bond donors (Lipinski definition) is 2. The number of carbonyl (C=O) groups is 2. The van der Waals surface area contributed by atoms with E-state index in [4.69, 9.17) is 0 Å². The second-order valence-corrected chi connectivity index (χ2v) is 7.71. The molecule has 1 unspecified atom stereocenters. The molecule has 2 N–H and O–H groups in total. The van der Waals surface area contributed by atoms with Crippen molar-refractivity contribution in [3.8, 4) is 11.4 Å². The van der Waals surface area contributed by atoms with Gasteiger partial charge in [0.25, 0.3) is 5.91 Å². The molecule has 0 radical (unpaired) electrons. The summed E-state index contributed by atoms with van der Waals surface area (Å²) < 4.78 is 0. The highest BCUT2D eigenvalue weighted by Gasteiger charge is 2.17. The molecule has 3 aromatic carbocycles. The van der Waals surface area contributed by atoms with Gasteiger partial charge in [0.2, 0.25) is 11.7 Å². The first kappa shape index (κ1) is 21.9. The van der Waals surface area contributed by atoms with E-state index in [0.29, 0.717) is 17.1 Å². The van der Waals surface area contributed by atoms with Crippen molar-refractivity contribution in [2.24, 2.45) is 0 Å². The highest BCUT2D eigenvalue weighted by Crippen LogP contribution is 2.18. The van der Waals surface area contributed by atoms with Crippen LogP contribution in [0.3, 0.4) is 0 Å². The van der Waals surface area contributed by atoms with Gasteiger partial charge in [-0.25, -0.2) is 0 Å². The molecular formula is C25H24N6O2. The van der Waals surface area contributed by atoms with Crippen LogP contribution < -0.4 is 10.6 Å². The summed E-state index contributed by atoms with van der Waals surface area (Å²) >= 11 is 0. The van der Waals surface area contributed by atoms with Crippen LogP contribution in [0.4, 0.5) is 5.69 Å². The minimum absolute atomic E-state index is 0.130. The first-order valence-electron chi connectivity index (χ1n) is 10.6. The molecule has 8 nitrogen and oxygen atoms in total. The Balaban J connectivity index is 1.42. The molecule has 0 bridgehead atoms. The number of nitrogens with one attached hydrogen (secondary N) is 2. The van der Waals surface area contributed by atoms with Crippen LogP contribution in [0.5, 0.6) is 0 Å². The number of rotatable bonds is 7. The van der Waals surface area contributed by atoms with Crippen LogP contribution in [-0.4, -0.2) is 32.0 Å². The van der Waals surface area contributed by atoms with E-state index in [2.05, 4.69) is 26.0 Å². The van der Waals surface area contributed by atoms with Gasteiger partial charge in [-0.05, 0) is 36.8 Å². The quantitative estimate of drug-likeness (QED) is 0.455. The highest BCUT2D eigenvalue weighted by molar-refractivity contribution is 6.03. The molecule has 166 valence electrons. The summed E-state index contributed by atoms with van der Waals surface area (Å²) in [7, 11) is 0. The number of benzene rings is 3. The van der Waals surface area contributed by atoms with Gasteiger partial charge in [0, 0.05) is 5.56 Å². The second-order valence-electron chi connectivity index (χ2n) is 7.71. The topological polar surface area (TPSA) is 102 Å². The Morgan fingerprint density at radius 3 is 2.39 bits per heavy atom. The third kappa shape index (κ3) is 5.48. The number of aryl methyl sites for hydroxylation is 1. The third-order valence-electron chi connectivity index (χ3n) is 5.14. The smallest absolute Gasteiger partial charge is 0.253 e. The minimum atomic E-state index is -0.362. The fourth-order valence-corrected chi connectivity index (χ4v) is 3.34. The molecule has 1 aromatic heterocycles. The summed E-state index contributed by atoms with van der Waals surface area (Å²) in [6.07, 6.45) is 0. The molecule has 4 rings (SSSR count). The monoisotopic (exact) mass is 440 g/mol. The van der Waals surface area contributed by atoms with Crippen molar-refractivity contribution in [1.29, 1.82) is 0 Å². The lowest BCUT2D eigenvalue weighted by atomic mass is 10.1. The van der Waals surface area contributed by atoms with Crippen molar-refractivity contribution in [2.75, 3.05) is 5.32 Å². The largest absolute Gasteiger partial charge is 0.345 e. The Kier molecular flexibility index (Phi) is 6.54. The summed E-state index contributed by atoms with van der Waals surface area (Å²) in [5.74, 6) is -0.195. The van der Waals surface area contributed by atoms with Crippen molar-refractivity contribution in [2.45, 2.75) is 26.4 Å². The first-order valence-corrected chi connectivity index (χ1v) is 10.6. The van der Waals surface area contributed by atoms with E-state index in [1.54, 1.807) is 24.3 Å². The first-order chi connectivity index (χ1) is 16.0. The van der Waals surface area contributed by atoms with E-state index in [0.717, 1.165) is 16.7 Å². The van der Waals surface area contributed by atoms with Crippen LogP contribution in [0.1, 0.15) is 34.5 Å². The van der Waals surface area contributed by atoms with Gasteiger partial charge < -0.3 is 10.6 Å². The van der Waals surface area contributed by atoms with Crippen LogP contribution in [0, 0.1) is 6.92 Å². The van der Waals surface area contributed by atoms with Gasteiger partial charge in [-0.15, -0.1) is 10.2 Å². The Morgan fingerprint density at radius 1 is 0.939 bits per heavy atom. The molecule has 0 saturated carbocycles. The predicted octanol–water partition coefficient (Wildman–Crippen LogP) is 3.78. The summed E-state index contributed by atoms with van der Waals surface area (Å²) in [6.45, 7) is 3.78. The van der Waals surface area contributed by atoms with Crippen LogP contribution in [0.25, 0.3) is 11.4 Å². The van der Waals surface area contributed by atoms with Crippen molar-refractivity contribution in [3.05, 3.63) is 95.6 Å². The normalized spacial score (nSPS) is 11.6. The van der Waals surface area contributed by atoms with E-state index in [9.17, 15) is 9.59 Å². The lowest BCUT2D eigenvalue weighted by molar-refractivity contribution is -0.117. The van der Waals surface area contributed by atoms with E-state index < -0.39 is 0 Å². The van der Waals surface area contributed by atoms with Gasteiger partial charge in [-0.2, -0.15) is 4.80 Å². The Morgan fingerprint density at radius 2 is 1.64 bits per heavy atom. The fourth-order valence-electron chi connectivity index (χ4n) is 3.34. The zero-order valence-corrected chi connectivity index (χ0v) is 18.4. The Labute approximate surface area is 191 Å².